The number of furan rings is 1. The lowest BCUT2D eigenvalue weighted by Gasteiger charge is -2.03. The molecular formula is C14H13NOS. The first-order valence-corrected chi connectivity index (χ1v) is 6.45. The van der Waals surface area contributed by atoms with E-state index in [0.29, 0.717) is 0 Å². The monoisotopic (exact) mass is 243 g/mol. The third kappa shape index (κ3) is 1.77. The highest BCUT2D eigenvalue weighted by Crippen LogP contribution is 2.34. The number of benzene rings is 1. The minimum absolute atomic E-state index is 0.754. The number of hydrogen-bond donors (Lipinski definition) is 1. The van der Waals surface area contributed by atoms with Gasteiger partial charge in [0.25, 0.3) is 0 Å². The van der Waals surface area contributed by atoms with Crippen molar-refractivity contribution in [2.75, 3.05) is 7.05 Å². The van der Waals surface area contributed by atoms with Gasteiger partial charge in [-0.3, -0.25) is 0 Å². The molecule has 2 aromatic heterocycles. The van der Waals surface area contributed by atoms with Gasteiger partial charge >= 0.3 is 0 Å². The highest BCUT2D eigenvalue weighted by atomic mass is 32.1. The van der Waals surface area contributed by atoms with Crippen molar-refractivity contribution >= 4 is 21.4 Å². The average Bonchev–Trinajstić information content (AvgIpc) is 2.96. The van der Waals surface area contributed by atoms with Crippen LogP contribution in [0.5, 0.6) is 0 Å². The number of rotatable bonds is 3. The summed E-state index contributed by atoms with van der Waals surface area (Å²) in [5.74, 6) is 0.994. The predicted octanol–water partition coefficient (Wildman–Crippen LogP) is 3.88. The summed E-state index contributed by atoms with van der Waals surface area (Å²) in [6.45, 7) is 0.754. The molecule has 2 heterocycles. The molecule has 3 rings (SSSR count). The lowest BCUT2D eigenvalue weighted by Crippen LogP contribution is -2.04. The zero-order chi connectivity index (χ0) is 11.7. The fourth-order valence-corrected chi connectivity index (χ4v) is 3.01. The van der Waals surface area contributed by atoms with E-state index >= 15 is 0 Å². The van der Waals surface area contributed by atoms with Crippen LogP contribution >= 0.6 is 11.3 Å². The van der Waals surface area contributed by atoms with Crippen molar-refractivity contribution in [3.63, 3.8) is 0 Å². The van der Waals surface area contributed by atoms with Crippen LogP contribution in [0.2, 0.25) is 0 Å². The summed E-state index contributed by atoms with van der Waals surface area (Å²) in [7, 11) is 1.93. The van der Waals surface area contributed by atoms with Crippen LogP contribution in [0.3, 0.4) is 0 Å². The Morgan fingerprint density at radius 1 is 1.18 bits per heavy atom. The Kier molecular flexibility index (Phi) is 2.71. The first kappa shape index (κ1) is 10.6. The van der Waals surface area contributed by atoms with Crippen molar-refractivity contribution in [3.05, 3.63) is 47.7 Å². The predicted molar refractivity (Wildman–Crippen MR) is 72.3 cm³/mol. The first-order valence-electron chi connectivity index (χ1n) is 5.57. The molecule has 0 aliphatic heterocycles. The van der Waals surface area contributed by atoms with E-state index in [0.717, 1.165) is 12.3 Å². The Labute approximate surface area is 104 Å². The average molecular weight is 243 g/mol. The molecule has 1 N–H and O–H groups in total. The van der Waals surface area contributed by atoms with Crippen LogP contribution in [-0.4, -0.2) is 7.05 Å². The molecule has 0 fully saturated rings. The van der Waals surface area contributed by atoms with E-state index < -0.39 is 0 Å². The maximum atomic E-state index is 5.53. The highest BCUT2D eigenvalue weighted by Gasteiger charge is 2.11. The lowest BCUT2D eigenvalue weighted by atomic mass is 10.0. The molecule has 0 aliphatic carbocycles. The van der Waals surface area contributed by atoms with Gasteiger partial charge in [-0.15, -0.1) is 11.3 Å². The van der Waals surface area contributed by atoms with E-state index in [4.69, 9.17) is 4.42 Å². The van der Waals surface area contributed by atoms with Gasteiger partial charge in [0, 0.05) is 15.8 Å². The van der Waals surface area contributed by atoms with Crippen LogP contribution in [0.25, 0.3) is 21.2 Å². The van der Waals surface area contributed by atoms with Crippen LogP contribution in [0, 0.1) is 0 Å². The molecule has 0 bridgehead atoms. The second-order valence-electron chi connectivity index (χ2n) is 3.93. The summed E-state index contributed by atoms with van der Waals surface area (Å²) < 4.78 is 6.85. The third-order valence-corrected chi connectivity index (χ3v) is 3.82. The molecule has 0 spiro atoms. The van der Waals surface area contributed by atoms with E-state index in [1.807, 2.05) is 13.1 Å². The SMILES string of the molecule is CNCc1occc1-c1cccc2ccsc12. The second kappa shape index (κ2) is 4.35. The zero-order valence-electron chi connectivity index (χ0n) is 9.57. The van der Waals surface area contributed by atoms with Crippen molar-refractivity contribution in [1.29, 1.82) is 0 Å². The molecule has 0 amide bonds. The van der Waals surface area contributed by atoms with E-state index in [1.165, 1.54) is 21.2 Å². The Bertz CT molecular complexity index is 638. The van der Waals surface area contributed by atoms with Gasteiger partial charge in [0.1, 0.15) is 5.76 Å². The molecule has 0 saturated heterocycles. The van der Waals surface area contributed by atoms with E-state index in [-0.39, 0.29) is 0 Å². The Morgan fingerprint density at radius 2 is 2.12 bits per heavy atom. The topological polar surface area (TPSA) is 25.2 Å². The van der Waals surface area contributed by atoms with Crippen LogP contribution in [-0.2, 0) is 6.54 Å². The normalized spacial score (nSPS) is 11.1. The Balaban J connectivity index is 2.20. The standard InChI is InChI=1S/C14H13NOS/c1-15-9-13-11(5-7-16-13)12-4-2-3-10-6-8-17-14(10)12/h2-8,15H,9H2,1H3. The molecule has 0 unspecified atom stereocenters. The van der Waals surface area contributed by atoms with Gasteiger partial charge < -0.3 is 9.73 Å². The number of thiophene rings is 1. The summed E-state index contributed by atoms with van der Waals surface area (Å²) in [6, 6.07) is 10.6. The summed E-state index contributed by atoms with van der Waals surface area (Å²) in [5, 5.41) is 6.56. The van der Waals surface area contributed by atoms with Gasteiger partial charge in [-0.2, -0.15) is 0 Å². The second-order valence-corrected chi connectivity index (χ2v) is 4.85. The smallest absolute Gasteiger partial charge is 0.125 e. The summed E-state index contributed by atoms with van der Waals surface area (Å²) in [5.41, 5.74) is 2.45. The first-order chi connectivity index (χ1) is 8.40. The molecule has 3 heteroatoms. The minimum atomic E-state index is 0.754. The van der Waals surface area contributed by atoms with Crippen molar-refractivity contribution in [3.8, 4) is 11.1 Å². The van der Waals surface area contributed by atoms with Crippen molar-refractivity contribution in [1.82, 2.24) is 5.32 Å². The molecular weight excluding hydrogens is 230 g/mol. The quantitative estimate of drug-likeness (QED) is 0.755. The van der Waals surface area contributed by atoms with Gasteiger partial charge in [0.15, 0.2) is 0 Å². The van der Waals surface area contributed by atoms with E-state index in [9.17, 15) is 0 Å². The molecule has 0 aliphatic rings. The molecule has 2 nitrogen and oxygen atoms in total. The fraction of sp³-hybridized carbons (Fsp3) is 0.143. The van der Waals surface area contributed by atoms with Gasteiger partial charge in [0.2, 0.25) is 0 Å². The van der Waals surface area contributed by atoms with Crippen molar-refractivity contribution < 1.29 is 4.42 Å². The molecule has 3 aromatic rings. The third-order valence-electron chi connectivity index (χ3n) is 2.85. The van der Waals surface area contributed by atoms with Gasteiger partial charge in [-0.1, -0.05) is 18.2 Å². The Morgan fingerprint density at radius 3 is 3.00 bits per heavy atom. The van der Waals surface area contributed by atoms with E-state index in [2.05, 4.69) is 35.0 Å². The van der Waals surface area contributed by atoms with Crippen molar-refractivity contribution in [2.24, 2.45) is 0 Å². The molecule has 0 radical (unpaired) electrons. The number of fused-ring (bicyclic) bond motifs is 1. The molecule has 17 heavy (non-hydrogen) atoms. The lowest BCUT2D eigenvalue weighted by molar-refractivity contribution is 0.497. The molecule has 0 saturated carbocycles. The molecule has 86 valence electrons. The Hall–Kier alpha value is -1.58. The van der Waals surface area contributed by atoms with Crippen molar-refractivity contribution in [2.45, 2.75) is 6.54 Å². The summed E-state index contributed by atoms with van der Waals surface area (Å²) >= 11 is 1.78. The maximum Gasteiger partial charge on any atom is 0.125 e. The largest absolute Gasteiger partial charge is 0.467 e. The summed E-state index contributed by atoms with van der Waals surface area (Å²) in [4.78, 5) is 0. The van der Waals surface area contributed by atoms with Gasteiger partial charge in [0.05, 0.1) is 12.8 Å². The van der Waals surface area contributed by atoms with E-state index in [1.54, 1.807) is 17.6 Å². The molecule has 0 atom stereocenters. The van der Waals surface area contributed by atoms with Crippen LogP contribution in [0.1, 0.15) is 5.76 Å². The molecule has 1 aromatic carbocycles. The maximum absolute atomic E-state index is 5.53. The summed E-state index contributed by atoms with van der Waals surface area (Å²) in [6.07, 6.45) is 1.76. The van der Waals surface area contributed by atoms with Gasteiger partial charge in [-0.25, -0.2) is 0 Å². The van der Waals surface area contributed by atoms with Crippen LogP contribution in [0.15, 0.2) is 46.4 Å². The van der Waals surface area contributed by atoms with Crippen LogP contribution < -0.4 is 5.32 Å². The van der Waals surface area contributed by atoms with Gasteiger partial charge in [-0.05, 0) is 29.9 Å². The number of hydrogen-bond acceptors (Lipinski definition) is 3. The fourth-order valence-electron chi connectivity index (χ4n) is 2.08. The van der Waals surface area contributed by atoms with Crippen LogP contribution in [0.4, 0.5) is 0 Å². The zero-order valence-corrected chi connectivity index (χ0v) is 10.4. The highest BCUT2D eigenvalue weighted by molar-refractivity contribution is 7.17. The minimum Gasteiger partial charge on any atom is -0.467 e. The number of nitrogens with one attached hydrogen (secondary N) is 1.